The standard InChI is InChI=1S/C10H10BrNO3/c1-5(13)6-2-9-8(3-7(6)11)12-10(14)4-15-9/h2-3,5,13H,4H2,1H3,(H,12,14)/t5-/m0/s1. The summed E-state index contributed by atoms with van der Waals surface area (Å²) in [7, 11) is 0. The summed E-state index contributed by atoms with van der Waals surface area (Å²) < 4.78 is 5.99. The molecule has 15 heavy (non-hydrogen) atoms. The van der Waals surface area contributed by atoms with Crippen LogP contribution in [0.4, 0.5) is 5.69 Å². The highest BCUT2D eigenvalue weighted by Crippen LogP contribution is 2.35. The lowest BCUT2D eigenvalue weighted by Crippen LogP contribution is -2.25. The van der Waals surface area contributed by atoms with E-state index >= 15 is 0 Å². The Morgan fingerprint density at radius 2 is 2.33 bits per heavy atom. The molecule has 0 aliphatic carbocycles. The number of aliphatic hydroxyl groups excluding tert-OH is 1. The number of ether oxygens (including phenoxy) is 1. The van der Waals surface area contributed by atoms with Gasteiger partial charge in [-0.3, -0.25) is 4.79 Å². The Bertz CT molecular complexity index is 417. The maximum absolute atomic E-state index is 11.1. The summed E-state index contributed by atoms with van der Waals surface area (Å²) in [6.45, 7) is 1.70. The van der Waals surface area contributed by atoms with Crippen molar-refractivity contribution in [2.45, 2.75) is 13.0 Å². The lowest BCUT2D eigenvalue weighted by atomic mass is 10.1. The predicted molar refractivity (Wildman–Crippen MR) is 58.9 cm³/mol. The predicted octanol–water partition coefficient (Wildman–Crippen LogP) is 1.83. The van der Waals surface area contributed by atoms with E-state index in [1.54, 1.807) is 19.1 Å². The lowest BCUT2D eigenvalue weighted by molar-refractivity contribution is -0.118. The van der Waals surface area contributed by atoms with Gasteiger partial charge in [-0.2, -0.15) is 0 Å². The fourth-order valence-corrected chi connectivity index (χ4v) is 2.11. The minimum atomic E-state index is -0.578. The molecule has 1 aliphatic heterocycles. The van der Waals surface area contributed by atoms with Crippen LogP contribution in [0.5, 0.6) is 5.75 Å². The molecule has 0 saturated heterocycles. The number of fused-ring (bicyclic) bond motifs is 1. The summed E-state index contributed by atoms with van der Waals surface area (Å²) >= 11 is 3.33. The zero-order valence-corrected chi connectivity index (χ0v) is 9.67. The number of halogens is 1. The fourth-order valence-electron chi connectivity index (χ4n) is 1.44. The van der Waals surface area contributed by atoms with Crippen molar-refractivity contribution in [2.75, 3.05) is 11.9 Å². The Morgan fingerprint density at radius 1 is 1.60 bits per heavy atom. The molecule has 0 bridgehead atoms. The molecule has 0 spiro atoms. The van der Waals surface area contributed by atoms with E-state index in [0.29, 0.717) is 11.4 Å². The zero-order chi connectivity index (χ0) is 11.0. The molecule has 80 valence electrons. The maximum atomic E-state index is 11.1. The number of rotatable bonds is 1. The first-order valence-corrected chi connectivity index (χ1v) is 5.31. The first kappa shape index (κ1) is 10.4. The number of carbonyl (C=O) groups is 1. The summed E-state index contributed by atoms with van der Waals surface area (Å²) in [5, 5.41) is 12.2. The van der Waals surface area contributed by atoms with Gasteiger partial charge < -0.3 is 15.2 Å². The fraction of sp³-hybridized carbons (Fsp3) is 0.300. The number of anilines is 1. The molecule has 2 rings (SSSR count). The second-order valence-corrected chi connectivity index (χ2v) is 4.24. The van der Waals surface area contributed by atoms with E-state index in [0.717, 1.165) is 10.0 Å². The van der Waals surface area contributed by atoms with Crippen molar-refractivity contribution in [1.29, 1.82) is 0 Å². The van der Waals surface area contributed by atoms with Gasteiger partial charge in [-0.25, -0.2) is 0 Å². The Labute approximate surface area is 95.4 Å². The number of nitrogens with one attached hydrogen (secondary N) is 1. The van der Waals surface area contributed by atoms with Crippen LogP contribution in [0.15, 0.2) is 16.6 Å². The van der Waals surface area contributed by atoms with Crippen LogP contribution in [0.2, 0.25) is 0 Å². The van der Waals surface area contributed by atoms with Gasteiger partial charge in [0.25, 0.3) is 5.91 Å². The quantitative estimate of drug-likeness (QED) is 0.820. The van der Waals surface area contributed by atoms with E-state index in [1.807, 2.05) is 0 Å². The monoisotopic (exact) mass is 271 g/mol. The van der Waals surface area contributed by atoms with Crippen LogP contribution in [-0.2, 0) is 4.79 Å². The third-order valence-corrected chi connectivity index (χ3v) is 2.87. The Morgan fingerprint density at radius 3 is 3.00 bits per heavy atom. The highest BCUT2D eigenvalue weighted by molar-refractivity contribution is 9.10. The number of amides is 1. The van der Waals surface area contributed by atoms with Gasteiger partial charge in [0.1, 0.15) is 5.75 Å². The van der Waals surface area contributed by atoms with Gasteiger partial charge in [-0.05, 0) is 24.6 Å². The van der Waals surface area contributed by atoms with Gasteiger partial charge >= 0.3 is 0 Å². The second-order valence-electron chi connectivity index (χ2n) is 3.38. The molecule has 1 aliphatic rings. The zero-order valence-electron chi connectivity index (χ0n) is 8.08. The van der Waals surface area contributed by atoms with Crippen LogP contribution >= 0.6 is 15.9 Å². The maximum Gasteiger partial charge on any atom is 0.262 e. The average molecular weight is 272 g/mol. The van der Waals surface area contributed by atoms with E-state index in [-0.39, 0.29) is 12.5 Å². The summed E-state index contributed by atoms with van der Waals surface area (Å²) in [6.07, 6.45) is -0.578. The molecule has 1 amide bonds. The van der Waals surface area contributed by atoms with E-state index < -0.39 is 6.10 Å². The summed E-state index contributed by atoms with van der Waals surface area (Å²) in [5.41, 5.74) is 1.37. The first-order valence-electron chi connectivity index (χ1n) is 4.52. The molecule has 5 heteroatoms. The molecule has 2 N–H and O–H groups in total. The van der Waals surface area contributed by atoms with Gasteiger partial charge in [-0.1, -0.05) is 15.9 Å². The third-order valence-electron chi connectivity index (χ3n) is 2.18. The molecule has 0 unspecified atom stereocenters. The van der Waals surface area contributed by atoms with Gasteiger partial charge in [0.2, 0.25) is 0 Å². The number of carbonyl (C=O) groups excluding carboxylic acids is 1. The van der Waals surface area contributed by atoms with Crippen LogP contribution in [-0.4, -0.2) is 17.6 Å². The summed E-state index contributed by atoms with van der Waals surface area (Å²) in [4.78, 5) is 11.1. The molecule has 0 radical (unpaired) electrons. The van der Waals surface area contributed by atoms with Crippen molar-refractivity contribution < 1.29 is 14.6 Å². The van der Waals surface area contributed by atoms with Crippen LogP contribution in [0, 0.1) is 0 Å². The van der Waals surface area contributed by atoms with Crippen molar-refractivity contribution >= 4 is 27.5 Å². The van der Waals surface area contributed by atoms with E-state index in [2.05, 4.69) is 21.2 Å². The van der Waals surface area contributed by atoms with Gasteiger partial charge in [-0.15, -0.1) is 0 Å². The molecular formula is C10H10BrNO3. The third kappa shape index (κ3) is 1.98. The molecule has 1 heterocycles. The molecule has 1 aromatic rings. The Kier molecular flexibility index (Phi) is 2.67. The van der Waals surface area contributed by atoms with Crippen molar-refractivity contribution in [1.82, 2.24) is 0 Å². The number of hydrogen-bond donors (Lipinski definition) is 2. The first-order chi connectivity index (χ1) is 7.08. The van der Waals surface area contributed by atoms with E-state index in [4.69, 9.17) is 4.74 Å². The minimum Gasteiger partial charge on any atom is -0.482 e. The summed E-state index contributed by atoms with van der Waals surface area (Å²) in [5.74, 6) is 0.424. The largest absolute Gasteiger partial charge is 0.482 e. The molecule has 0 fully saturated rings. The average Bonchev–Trinajstić information content (AvgIpc) is 2.15. The smallest absolute Gasteiger partial charge is 0.262 e. The molecule has 1 aromatic carbocycles. The number of aliphatic hydroxyl groups is 1. The SMILES string of the molecule is C[C@H](O)c1cc2c(cc1Br)NC(=O)CO2. The summed E-state index contributed by atoms with van der Waals surface area (Å²) in [6, 6.07) is 3.46. The van der Waals surface area contributed by atoms with Crippen molar-refractivity contribution in [3.05, 3.63) is 22.2 Å². The molecular weight excluding hydrogens is 262 g/mol. The minimum absolute atomic E-state index is 0.0217. The van der Waals surface area contributed by atoms with Crippen molar-refractivity contribution in [3.63, 3.8) is 0 Å². The van der Waals surface area contributed by atoms with E-state index in [9.17, 15) is 9.90 Å². The van der Waals surface area contributed by atoms with Crippen molar-refractivity contribution in [3.8, 4) is 5.75 Å². The topological polar surface area (TPSA) is 58.6 Å². The number of hydrogen-bond acceptors (Lipinski definition) is 3. The highest BCUT2D eigenvalue weighted by atomic mass is 79.9. The second kappa shape index (κ2) is 3.83. The molecule has 0 aromatic heterocycles. The van der Waals surface area contributed by atoms with Crippen LogP contribution in [0.25, 0.3) is 0 Å². The van der Waals surface area contributed by atoms with Gasteiger partial charge in [0.15, 0.2) is 6.61 Å². The van der Waals surface area contributed by atoms with Crippen molar-refractivity contribution in [2.24, 2.45) is 0 Å². The number of benzene rings is 1. The van der Waals surface area contributed by atoms with E-state index in [1.165, 1.54) is 0 Å². The highest BCUT2D eigenvalue weighted by Gasteiger charge is 2.19. The van der Waals surface area contributed by atoms with Crippen LogP contribution < -0.4 is 10.1 Å². The molecule has 4 nitrogen and oxygen atoms in total. The molecule has 0 saturated carbocycles. The molecule has 1 atom stereocenters. The Balaban J connectivity index is 2.46. The normalized spacial score (nSPS) is 16.3. The Hall–Kier alpha value is -1.07. The van der Waals surface area contributed by atoms with Crippen LogP contribution in [0.3, 0.4) is 0 Å². The van der Waals surface area contributed by atoms with Gasteiger partial charge in [0, 0.05) is 4.47 Å². The lowest BCUT2D eigenvalue weighted by Gasteiger charge is -2.20. The van der Waals surface area contributed by atoms with Crippen LogP contribution in [0.1, 0.15) is 18.6 Å². The van der Waals surface area contributed by atoms with Gasteiger partial charge in [0.05, 0.1) is 11.8 Å².